The number of ether oxygens (including phenoxy) is 1. The molecule has 0 N–H and O–H groups in total. The molecule has 14 heavy (non-hydrogen) atoms. The molecule has 0 unspecified atom stereocenters. The van der Waals surface area contributed by atoms with E-state index in [4.69, 9.17) is 4.74 Å². The molecule has 0 aromatic rings. The molecule has 0 radical (unpaired) electrons. The van der Waals surface area contributed by atoms with Crippen LogP contribution in [0.5, 0.6) is 0 Å². The molecule has 0 bridgehead atoms. The molecule has 0 spiro atoms. The Kier molecular flexibility index (Phi) is 3.29. The molecule has 1 rings (SSSR count). The van der Waals surface area contributed by atoms with Crippen LogP contribution in [0, 0.1) is 11.3 Å². The molecular weight excluding hydrogens is 180 g/mol. The Hall–Kier alpha value is -0.860. The van der Waals surface area contributed by atoms with E-state index in [-0.39, 0.29) is 17.6 Å². The Morgan fingerprint density at radius 3 is 2.36 bits per heavy atom. The topological polar surface area (TPSA) is 43.4 Å². The second-order valence-corrected chi connectivity index (χ2v) is 4.40. The van der Waals surface area contributed by atoms with Gasteiger partial charge in [-0.2, -0.15) is 0 Å². The Balaban J connectivity index is 2.44. The van der Waals surface area contributed by atoms with Crippen LogP contribution in [0.1, 0.15) is 40.0 Å². The smallest absolute Gasteiger partial charge is 0.313 e. The van der Waals surface area contributed by atoms with E-state index in [2.05, 4.69) is 0 Å². The maximum absolute atomic E-state index is 11.7. The summed E-state index contributed by atoms with van der Waals surface area (Å²) in [7, 11) is 0. The third-order valence-electron chi connectivity index (χ3n) is 2.93. The fraction of sp³-hybridized carbons (Fsp3) is 0.818. The fourth-order valence-electron chi connectivity index (χ4n) is 1.60. The van der Waals surface area contributed by atoms with Crippen molar-refractivity contribution < 1.29 is 14.3 Å². The minimum atomic E-state index is -0.397. The predicted molar refractivity (Wildman–Crippen MR) is 52.8 cm³/mol. The average Bonchev–Trinajstić information content (AvgIpc) is 2.86. The van der Waals surface area contributed by atoms with Crippen molar-refractivity contribution in [3.05, 3.63) is 0 Å². The highest BCUT2D eigenvalue weighted by molar-refractivity contribution is 5.98. The molecule has 3 heteroatoms. The third-order valence-corrected chi connectivity index (χ3v) is 2.93. The van der Waals surface area contributed by atoms with Crippen molar-refractivity contribution in [2.45, 2.75) is 40.0 Å². The summed E-state index contributed by atoms with van der Waals surface area (Å²) in [5, 5.41) is 0. The van der Waals surface area contributed by atoms with Crippen LogP contribution in [0.2, 0.25) is 0 Å². The van der Waals surface area contributed by atoms with Gasteiger partial charge in [-0.15, -0.1) is 0 Å². The standard InChI is InChI=1S/C11H18O3/c1-4-14-10(13)7-9(12)11(2,3)8-5-6-8/h8H,4-7H2,1-3H3. The molecule has 0 aromatic carbocycles. The summed E-state index contributed by atoms with van der Waals surface area (Å²) in [6.07, 6.45) is 2.15. The third kappa shape index (κ3) is 2.56. The maximum atomic E-state index is 11.7. The first-order valence-corrected chi connectivity index (χ1v) is 5.17. The largest absolute Gasteiger partial charge is 0.466 e. The highest BCUT2D eigenvalue weighted by Crippen LogP contribution is 2.46. The van der Waals surface area contributed by atoms with Gasteiger partial charge in [0.1, 0.15) is 12.2 Å². The number of hydrogen-bond acceptors (Lipinski definition) is 3. The first-order valence-electron chi connectivity index (χ1n) is 5.17. The van der Waals surface area contributed by atoms with E-state index in [1.54, 1.807) is 6.92 Å². The van der Waals surface area contributed by atoms with Crippen LogP contribution in [-0.4, -0.2) is 18.4 Å². The van der Waals surface area contributed by atoms with Crippen molar-refractivity contribution >= 4 is 11.8 Å². The lowest BCUT2D eigenvalue weighted by Gasteiger charge is -2.21. The lowest BCUT2D eigenvalue weighted by molar-refractivity contribution is -0.147. The minimum absolute atomic E-state index is 0.0125. The Morgan fingerprint density at radius 1 is 1.36 bits per heavy atom. The van der Waals surface area contributed by atoms with Crippen LogP contribution in [0.3, 0.4) is 0 Å². The zero-order chi connectivity index (χ0) is 10.8. The number of ketones is 1. The number of esters is 1. The van der Waals surface area contributed by atoms with Crippen LogP contribution >= 0.6 is 0 Å². The van der Waals surface area contributed by atoms with E-state index in [1.807, 2.05) is 13.8 Å². The molecular formula is C11H18O3. The first kappa shape index (κ1) is 11.2. The summed E-state index contributed by atoms with van der Waals surface area (Å²) in [5.41, 5.74) is -0.341. The molecule has 0 atom stereocenters. The van der Waals surface area contributed by atoms with Gasteiger partial charge in [0, 0.05) is 5.41 Å². The SMILES string of the molecule is CCOC(=O)CC(=O)C(C)(C)C1CC1. The van der Waals surface area contributed by atoms with Crippen molar-refractivity contribution in [1.82, 2.24) is 0 Å². The van der Waals surface area contributed by atoms with Crippen molar-refractivity contribution in [2.75, 3.05) is 6.61 Å². The Bertz CT molecular complexity index is 239. The number of carbonyl (C=O) groups is 2. The second kappa shape index (κ2) is 4.11. The van der Waals surface area contributed by atoms with Gasteiger partial charge >= 0.3 is 5.97 Å². The number of Topliss-reactive ketones (excluding diaryl/α,β-unsaturated/α-hetero) is 1. The van der Waals surface area contributed by atoms with Gasteiger partial charge in [0.2, 0.25) is 0 Å². The number of carbonyl (C=O) groups excluding carboxylic acids is 2. The van der Waals surface area contributed by atoms with Gasteiger partial charge in [-0.1, -0.05) is 13.8 Å². The summed E-state index contributed by atoms with van der Waals surface area (Å²) in [5.74, 6) is 0.0918. The summed E-state index contributed by atoms with van der Waals surface area (Å²) < 4.78 is 4.75. The highest BCUT2D eigenvalue weighted by atomic mass is 16.5. The maximum Gasteiger partial charge on any atom is 0.313 e. The van der Waals surface area contributed by atoms with E-state index in [0.717, 1.165) is 12.8 Å². The predicted octanol–water partition coefficient (Wildman–Crippen LogP) is 1.94. The Labute approximate surface area is 84.8 Å². The van der Waals surface area contributed by atoms with Crippen LogP contribution < -0.4 is 0 Å². The molecule has 0 heterocycles. The molecule has 3 nitrogen and oxygen atoms in total. The van der Waals surface area contributed by atoms with Crippen LogP contribution in [0.25, 0.3) is 0 Å². The molecule has 1 fully saturated rings. The first-order chi connectivity index (χ1) is 6.48. The van der Waals surface area contributed by atoms with Crippen molar-refractivity contribution in [2.24, 2.45) is 11.3 Å². The summed E-state index contributed by atoms with van der Waals surface area (Å²) in [4.78, 5) is 22.8. The van der Waals surface area contributed by atoms with E-state index >= 15 is 0 Å². The van der Waals surface area contributed by atoms with Crippen LogP contribution in [-0.2, 0) is 14.3 Å². The molecule has 80 valence electrons. The van der Waals surface area contributed by atoms with Gasteiger partial charge in [0.25, 0.3) is 0 Å². The monoisotopic (exact) mass is 198 g/mol. The van der Waals surface area contributed by atoms with Gasteiger partial charge in [-0.3, -0.25) is 9.59 Å². The summed E-state index contributed by atoms with van der Waals surface area (Å²) >= 11 is 0. The zero-order valence-electron chi connectivity index (χ0n) is 9.13. The summed E-state index contributed by atoms with van der Waals surface area (Å²) in [6, 6.07) is 0. The van der Waals surface area contributed by atoms with Gasteiger partial charge in [-0.05, 0) is 25.7 Å². The van der Waals surface area contributed by atoms with Crippen LogP contribution in [0.4, 0.5) is 0 Å². The molecule has 0 aromatic heterocycles. The second-order valence-electron chi connectivity index (χ2n) is 4.40. The van der Waals surface area contributed by atoms with Gasteiger partial charge in [-0.25, -0.2) is 0 Å². The van der Waals surface area contributed by atoms with Gasteiger partial charge in [0.05, 0.1) is 6.61 Å². The average molecular weight is 198 g/mol. The van der Waals surface area contributed by atoms with E-state index in [1.165, 1.54) is 0 Å². The van der Waals surface area contributed by atoms with Crippen LogP contribution in [0.15, 0.2) is 0 Å². The molecule has 1 saturated carbocycles. The molecule has 1 aliphatic carbocycles. The number of hydrogen-bond donors (Lipinski definition) is 0. The van der Waals surface area contributed by atoms with E-state index < -0.39 is 5.97 Å². The van der Waals surface area contributed by atoms with Crippen molar-refractivity contribution in [3.8, 4) is 0 Å². The lowest BCUT2D eigenvalue weighted by Crippen LogP contribution is -2.29. The van der Waals surface area contributed by atoms with Crippen molar-refractivity contribution in [1.29, 1.82) is 0 Å². The quantitative estimate of drug-likeness (QED) is 0.501. The number of rotatable bonds is 5. The minimum Gasteiger partial charge on any atom is -0.466 e. The van der Waals surface area contributed by atoms with Crippen molar-refractivity contribution in [3.63, 3.8) is 0 Å². The van der Waals surface area contributed by atoms with Gasteiger partial charge in [0.15, 0.2) is 0 Å². The fourth-order valence-corrected chi connectivity index (χ4v) is 1.60. The lowest BCUT2D eigenvalue weighted by atomic mass is 9.81. The Morgan fingerprint density at radius 2 is 1.93 bits per heavy atom. The normalized spacial score (nSPS) is 16.5. The van der Waals surface area contributed by atoms with Gasteiger partial charge < -0.3 is 4.74 Å². The molecule has 0 aliphatic heterocycles. The molecule has 1 aliphatic rings. The van der Waals surface area contributed by atoms with E-state index in [0.29, 0.717) is 12.5 Å². The summed E-state index contributed by atoms with van der Waals surface area (Å²) in [6.45, 7) is 5.93. The highest BCUT2D eigenvalue weighted by Gasteiger charge is 2.43. The molecule has 0 amide bonds. The molecule has 0 saturated heterocycles. The zero-order valence-corrected chi connectivity index (χ0v) is 9.13. The van der Waals surface area contributed by atoms with E-state index in [9.17, 15) is 9.59 Å².